The minimum atomic E-state index is -1.49. The van der Waals surface area contributed by atoms with Crippen molar-refractivity contribution >= 4 is 22.7 Å². The van der Waals surface area contributed by atoms with E-state index < -0.39 is 11.4 Å². The third-order valence-corrected chi connectivity index (χ3v) is 4.67. The van der Waals surface area contributed by atoms with Gasteiger partial charge in [-0.05, 0) is 36.4 Å². The first-order chi connectivity index (χ1) is 10.6. The summed E-state index contributed by atoms with van der Waals surface area (Å²) < 4.78 is 24.6. The van der Waals surface area contributed by atoms with Gasteiger partial charge < -0.3 is 14.4 Å². The fourth-order valence-corrected chi connectivity index (χ4v) is 3.36. The Labute approximate surface area is 132 Å². The van der Waals surface area contributed by atoms with Crippen molar-refractivity contribution in [2.24, 2.45) is 5.14 Å². The van der Waals surface area contributed by atoms with Crippen LogP contribution in [0.1, 0.15) is 0 Å². The molecule has 116 valence electrons. The Morgan fingerprint density at radius 3 is 2.14 bits per heavy atom. The van der Waals surface area contributed by atoms with Crippen molar-refractivity contribution in [2.75, 3.05) is 36.0 Å². The van der Waals surface area contributed by atoms with Gasteiger partial charge in [0.1, 0.15) is 5.82 Å². The van der Waals surface area contributed by atoms with E-state index in [1.807, 2.05) is 18.2 Å². The van der Waals surface area contributed by atoms with Crippen molar-refractivity contribution in [1.29, 1.82) is 0 Å². The van der Waals surface area contributed by atoms with Crippen molar-refractivity contribution in [1.82, 2.24) is 0 Å². The van der Waals surface area contributed by atoms with Crippen molar-refractivity contribution in [2.45, 2.75) is 4.90 Å². The second kappa shape index (κ2) is 6.56. The van der Waals surface area contributed by atoms with Gasteiger partial charge in [0.05, 0.1) is 17.0 Å². The average molecular weight is 319 g/mol. The Hall–Kier alpha value is -1.76. The van der Waals surface area contributed by atoms with Gasteiger partial charge in [-0.15, -0.1) is 5.14 Å². The molecule has 0 spiro atoms. The molecule has 0 saturated carbocycles. The smallest absolute Gasteiger partial charge is 0.196 e. The van der Waals surface area contributed by atoms with Crippen LogP contribution in [0.3, 0.4) is 0 Å². The van der Waals surface area contributed by atoms with Gasteiger partial charge in [-0.2, -0.15) is 0 Å². The third-order valence-electron chi connectivity index (χ3n) is 3.89. The number of halogens is 1. The van der Waals surface area contributed by atoms with Crippen LogP contribution in [0.5, 0.6) is 0 Å². The van der Waals surface area contributed by atoms with Crippen LogP contribution in [0.2, 0.25) is 0 Å². The summed E-state index contributed by atoms with van der Waals surface area (Å²) in [7, 11) is 0. The maximum Gasteiger partial charge on any atom is 0.196 e. The Kier molecular flexibility index (Phi) is 4.52. The van der Waals surface area contributed by atoms with Crippen molar-refractivity contribution < 1.29 is 8.94 Å². The zero-order valence-corrected chi connectivity index (χ0v) is 12.9. The van der Waals surface area contributed by atoms with Crippen LogP contribution >= 0.6 is 0 Å². The molecule has 1 saturated heterocycles. The van der Waals surface area contributed by atoms with Gasteiger partial charge in [0.2, 0.25) is 0 Å². The maximum absolute atomic E-state index is 13.0. The van der Waals surface area contributed by atoms with Crippen molar-refractivity contribution in [3.05, 3.63) is 54.3 Å². The number of hydrogen-bond donors (Lipinski definition) is 1. The van der Waals surface area contributed by atoms with E-state index in [2.05, 4.69) is 9.80 Å². The number of anilines is 2. The van der Waals surface area contributed by atoms with Crippen LogP contribution in [0.15, 0.2) is 53.4 Å². The van der Waals surface area contributed by atoms with Gasteiger partial charge in [0, 0.05) is 31.9 Å². The van der Waals surface area contributed by atoms with E-state index in [1.165, 1.54) is 12.1 Å². The highest BCUT2D eigenvalue weighted by Gasteiger charge is 2.22. The second-order valence-electron chi connectivity index (χ2n) is 5.22. The monoisotopic (exact) mass is 319 g/mol. The standard InChI is InChI=1S/C16H18FN3OS/c17-13-5-7-14(8-6-13)19-9-11-20(12-10-19)15-3-1-2-4-16(15)22(18)21/h1-8H,9-12,18H2. The topological polar surface area (TPSA) is 55.6 Å². The molecule has 0 aliphatic carbocycles. The molecular weight excluding hydrogens is 301 g/mol. The van der Waals surface area contributed by atoms with E-state index in [-0.39, 0.29) is 5.82 Å². The summed E-state index contributed by atoms with van der Waals surface area (Å²) in [4.78, 5) is 5.08. The van der Waals surface area contributed by atoms with Crippen LogP contribution in [0.4, 0.5) is 15.8 Å². The Balaban J connectivity index is 1.71. The van der Waals surface area contributed by atoms with E-state index >= 15 is 0 Å². The lowest BCUT2D eigenvalue weighted by atomic mass is 10.2. The van der Waals surface area contributed by atoms with Crippen LogP contribution in [0, 0.1) is 5.82 Å². The van der Waals surface area contributed by atoms with E-state index in [0.717, 1.165) is 37.6 Å². The summed E-state index contributed by atoms with van der Waals surface area (Å²) in [6.45, 7) is 3.28. The van der Waals surface area contributed by atoms with Crippen molar-refractivity contribution in [3.8, 4) is 0 Å². The Bertz CT molecular complexity index is 628. The molecule has 2 aromatic rings. The first kappa shape index (κ1) is 15.1. The first-order valence-electron chi connectivity index (χ1n) is 7.16. The number of hydrogen-bond acceptors (Lipinski definition) is 4. The highest BCUT2D eigenvalue weighted by Crippen LogP contribution is 2.26. The number of nitrogens with zero attached hydrogens (tertiary/aromatic N) is 2. The number of piperazine rings is 1. The highest BCUT2D eigenvalue weighted by atomic mass is 32.2. The van der Waals surface area contributed by atoms with Crippen LogP contribution in [0.25, 0.3) is 0 Å². The van der Waals surface area contributed by atoms with Gasteiger partial charge >= 0.3 is 0 Å². The largest absolute Gasteiger partial charge is 0.593 e. The molecule has 1 fully saturated rings. The summed E-state index contributed by atoms with van der Waals surface area (Å²) in [5, 5.41) is 5.55. The molecule has 0 aromatic heterocycles. The zero-order chi connectivity index (χ0) is 15.5. The zero-order valence-electron chi connectivity index (χ0n) is 12.1. The molecule has 1 aliphatic heterocycles. The predicted octanol–water partition coefficient (Wildman–Crippen LogP) is 2.13. The molecule has 2 aromatic carbocycles. The molecule has 0 bridgehead atoms. The first-order valence-corrected chi connectivity index (χ1v) is 8.37. The molecule has 1 unspecified atom stereocenters. The summed E-state index contributed by atoms with van der Waals surface area (Å²) >= 11 is -1.49. The summed E-state index contributed by atoms with van der Waals surface area (Å²) in [5.41, 5.74) is 1.96. The minimum Gasteiger partial charge on any atom is -0.593 e. The molecular formula is C16H18FN3OS. The normalized spacial score (nSPS) is 16.7. The number of benzene rings is 2. The molecule has 0 radical (unpaired) electrons. The fraction of sp³-hybridized carbons (Fsp3) is 0.250. The lowest BCUT2D eigenvalue weighted by molar-refractivity contribution is 0.594. The molecule has 1 heterocycles. The number of rotatable bonds is 3. The van der Waals surface area contributed by atoms with Crippen molar-refractivity contribution in [3.63, 3.8) is 0 Å². The predicted molar refractivity (Wildman–Crippen MR) is 87.9 cm³/mol. The fourth-order valence-electron chi connectivity index (χ4n) is 2.75. The molecule has 0 amide bonds. The minimum absolute atomic E-state index is 0.221. The maximum atomic E-state index is 13.0. The Morgan fingerprint density at radius 1 is 0.909 bits per heavy atom. The second-order valence-corrected chi connectivity index (χ2v) is 6.25. The van der Waals surface area contributed by atoms with Gasteiger partial charge in [0.25, 0.3) is 0 Å². The van der Waals surface area contributed by atoms with Gasteiger partial charge in [-0.25, -0.2) is 4.39 Å². The van der Waals surface area contributed by atoms with E-state index in [4.69, 9.17) is 5.14 Å². The lowest BCUT2D eigenvalue weighted by Crippen LogP contribution is -2.47. The average Bonchev–Trinajstić information content (AvgIpc) is 2.56. The molecule has 2 N–H and O–H groups in total. The van der Waals surface area contributed by atoms with Crippen LogP contribution < -0.4 is 14.9 Å². The highest BCUT2D eigenvalue weighted by molar-refractivity contribution is 7.89. The molecule has 1 aliphatic rings. The SMILES string of the molecule is N[S+]([O-])c1ccccc1N1CCN(c2ccc(F)cc2)CC1. The lowest BCUT2D eigenvalue weighted by Gasteiger charge is -2.37. The van der Waals surface area contributed by atoms with E-state index in [9.17, 15) is 8.94 Å². The summed E-state index contributed by atoms with van der Waals surface area (Å²) in [6.07, 6.45) is 0. The third kappa shape index (κ3) is 3.19. The number of nitrogens with two attached hydrogens (primary N) is 1. The van der Waals surface area contributed by atoms with Crippen LogP contribution in [-0.2, 0) is 11.4 Å². The van der Waals surface area contributed by atoms with Gasteiger partial charge in [0.15, 0.2) is 4.90 Å². The molecule has 22 heavy (non-hydrogen) atoms. The van der Waals surface area contributed by atoms with Crippen LogP contribution in [-0.4, -0.2) is 30.7 Å². The Morgan fingerprint density at radius 2 is 1.50 bits per heavy atom. The summed E-state index contributed by atoms with van der Waals surface area (Å²) in [5.74, 6) is -0.221. The molecule has 4 nitrogen and oxygen atoms in total. The van der Waals surface area contributed by atoms with Gasteiger partial charge in [-0.1, -0.05) is 12.1 Å². The summed E-state index contributed by atoms with van der Waals surface area (Å²) in [6, 6.07) is 14.1. The molecule has 6 heteroatoms. The van der Waals surface area contributed by atoms with Gasteiger partial charge in [-0.3, -0.25) is 0 Å². The molecule has 3 rings (SSSR count). The van der Waals surface area contributed by atoms with E-state index in [1.54, 1.807) is 18.2 Å². The number of para-hydroxylation sites is 1. The quantitative estimate of drug-likeness (QED) is 0.881. The molecule has 1 atom stereocenters. The van der Waals surface area contributed by atoms with E-state index in [0.29, 0.717) is 4.90 Å².